The zero-order valence-corrected chi connectivity index (χ0v) is 20.8. The SMILES string of the molecule is CNC(C)C(=O)N[C@H]1CCc2ccccc2N(Cc2c(OC)ccc3c(C#N)cccc23)C1=O.Cl. The Morgan fingerprint density at radius 3 is 2.66 bits per heavy atom. The van der Waals surface area contributed by atoms with Gasteiger partial charge in [-0.05, 0) is 62.0 Å². The van der Waals surface area contributed by atoms with Crippen LogP contribution in [0.1, 0.15) is 30.0 Å². The number of nitriles is 1. The summed E-state index contributed by atoms with van der Waals surface area (Å²) >= 11 is 0. The van der Waals surface area contributed by atoms with E-state index in [2.05, 4.69) is 16.7 Å². The molecule has 2 N–H and O–H groups in total. The Labute approximate surface area is 211 Å². The summed E-state index contributed by atoms with van der Waals surface area (Å²) in [6.45, 7) is 2.01. The van der Waals surface area contributed by atoms with Crippen molar-refractivity contribution in [2.75, 3.05) is 19.1 Å². The van der Waals surface area contributed by atoms with E-state index in [1.807, 2.05) is 48.5 Å². The molecule has 8 heteroatoms. The number of anilines is 1. The first-order chi connectivity index (χ1) is 16.5. The van der Waals surface area contributed by atoms with E-state index in [0.29, 0.717) is 24.2 Å². The molecule has 7 nitrogen and oxygen atoms in total. The number of carbonyl (C=O) groups is 2. The standard InChI is InChI=1S/C27H28N4O3.ClH/c1-17(29-2)26(32)30-23-13-11-18-7-4-5-10-24(18)31(27(23)33)16-22-21-9-6-8-19(15-28)20(21)12-14-25(22)34-3;/h4-10,12,14,17,23,29H,11,13,16H2,1-3H3,(H,30,32);1H/t17?,23-;/m0./s1. The fourth-order valence-electron chi connectivity index (χ4n) is 4.45. The second kappa shape index (κ2) is 11.2. The second-order valence-electron chi connectivity index (χ2n) is 8.42. The maximum atomic E-state index is 13.8. The van der Waals surface area contributed by atoms with Gasteiger partial charge < -0.3 is 20.3 Å². The van der Waals surface area contributed by atoms with Crippen LogP contribution in [0.4, 0.5) is 5.69 Å². The minimum Gasteiger partial charge on any atom is -0.496 e. The summed E-state index contributed by atoms with van der Waals surface area (Å²) in [4.78, 5) is 28.1. The minimum atomic E-state index is -0.647. The number of hydrogen-bond acceptors (Lipinski definition) is 5. The van der Waals surface area contributed by atoms with Gasteiger partial charge in [0.25, 0.3) is 0 Å². The topological polar surface area (TPSA) is 94.5 Å². The normalized spacial score (nSPS) is 15.9. The van der Waals surface area contributed by atoms with E-state index in [1.165, 1.54) is 0 Å². The van der Waals surface area contributed by atoms with Crippen molar-refractivity contribution >= 4 is 40.7 Å². The molecule has 0 saturated carbocycles. The van der Waals surface area contributed by atoms with Crippen LogP contribution in [0.15, 0.2) is 54.6 Å². The van der Waals surface area contributed by atoms with Gasteiger partial charge in [0.15, 0.2) is 0 Å². The molecule has 2 atom stereocenters. The smallest absolute Gasteiger partial charge is 0.249 e. The molecular formula is C27H29ClN4O3. The van der Waals surface area contributed by atoms with Gasteiger partial charge in [-0.2, -0.15) is 5.26 Å². The summed E-state index contributed by atoms with van der Waals surface area (Å²) in [5.41, 5.74) is 3.25. The van der Waals surface area contributed by atoms with Crippen molar-refractivity contribution in [2.24, 2.45) is 0 Å². The van der Waals surface area contributed by atoms with Crippen molar-refractivity contribution in [2.45, 2.75) is 38.4 Å². The Bertz CT molecular complexity index is 1290. The van der Waals surface area contributed by atoms with E-state index >= 15 is 0 Å². The van der Waals surface area contributed by atoms with E-state index in [4.69, 9.17) is 4.74 Å². The third-order valence-corrected chi connectivity index (χ3v) is 6.48. The number of likely N-dealkylation sites (N-methyl/N-ethyl adjacent to an activating group) is 1. The van der Waals surface area contributed by atoms with Gasteiger partial charge in [0.05, 0.1) is 31.3 Å². The molecule has 0 fully saturated rings. The Kier molecular flexibility index (Phi) is 8.34. The molecule has 2 amide bonds. The summed E-state index contributed by atoms with van der Waals surface area (Å²) in [7, 11) is 3.31. The molecule has 1 heterocycles. The average molecular weight is 493 g/mol. The molecule has 0 aliphatic carbocycles. The van der Waals surface area contributed by atoms with Crippen molar-refractivity contribution < 1.29 is 14.3 Å². The lowest BCUT2D eigenvalue weighted by Crippen LogP contribution is -2.52. The van der Waals surface area contributed by atoms with Gasteiger partial charge >= 0.3 is 0 Å². The van der Waals surface area contributed by atoms with Crippen LogP contribution in [0, 0.1) is 11.3 Å². The molecule has 0 aromatic heterocycles. The lowest BCUT2D eigenvalue weighted by molar-refractivity contribution is -0.128. The molecular weight excluding hydrogens is 464 g/mol. The number of halogens is 1. The fraction of sp³-hybridized carbons (Fsp3) is 0.296. The molecule has 1 unspecified atom stereocenters. The molecule has 0 radical (unpaired) electrons. The van der Waals surface area contributed by atoms with Crippen molar-refractivity contribution in [3.63, 3.8) is 0 Å². The summed E-state index contributed by atoms with van der Waals surface area (Å²) in [5, 5.41) is 17.1. The average Bonchev–Trinajstić information content (AvgIpc) is 3.00. The van der Waals surface area contributed by atoms with Crippen LogP contribution in [0.5, 0.6) is 5.75 Å². The van der Waals surface area contributed by atoms with E-state index in [-0.39, 0.29) is 30.8 Å². The second-order valence-corrected chi connectivity index (χ2v) is 8.42. The van der Waals surface area contributed by atoms with E-state index < -0.39 is 12.1 Å². The Hall–Kier alpha value is -3.60. The highest BCUT2D eigenvalue weighted by atomic mass is 35.5. The molecule has 0 spiro atoms. The van der Waals surface area contributed by atoms with Crippen LogP contribution in [-0.4, -0.2) is 38.1 Å². The number of carbonyl (C=O) groups excluding carboxylic acids is 2. The number of nitrogens with one attached hydrogen (secondary N) is 2. The van der Waals surface area contributed by atoms with Crippen LogP contribution >= 0.6 is 12.4 Å². The van der Waals surface area contributed by atoms with E-state index in [0.717, 1.165) is 27.6 Å². The number of para-hydroxylation sites is 1. The van der Waals surface area contributed by atoms with E-state index in [1.54, 1.807) is 32.0 Å². The Balaban J connectivity index is 0.00000342. The molecule has 35 heavy (non-hydrogen) atoms. The molecule has 3 aromatic rings. The zero-order valence-electron chi connectivity index (χ0n) is 20.0. The van der Waals surface area contributed by atoms with Crippen LogP contribution in [0.2, 0.25) is 0 Å². The number of nitrogens with zero attached hydrogens (tertiary/aromatic N) is 2. The summed E-state index contributed by atoms with van der Waals surface area (Å²) in [6, 6.07) is 18.3. The van der Waals surface area contributed by atoms with Crippen molar-refractivity contribution in [1.29, 1.82) is 5.26 Å². The highest BCUT2D eigenvalue weighted by Crippen LogP contribution is 2.35. The minimum absolute atomic E-state index is 0. The van der Waals surface area contributed by atoms with Gasteiger partial charge in [-0.15, -0.1) is 12.4 Å². The Morgan fingerprint density at radius 1 is 1.17 bits per heavy atom. The number of ether oxygens (including phenoxy) is 1. The van der Waals surface area contributed by atoms with Crippen LogP contribution in [0.25, 0.3) is 10.8 Å². The van der Waals surface area contributed by atoms with Crippen molar-refractivity contribution in [3.05, 3.63) is 71.3 Å². The van der Waals surface area contributed by atoms with Gasteiger partial charge in [0, 0.05) is 16.6 Å². The largest absolute Gasteiger partial charge is 0.496 e. The van der Waals surface area contributed by atoms with Crippen LogP contribution < -0.4 is 20.3 Å². The first-order valence-electron chi connectivity index (χ1n) is 11.3. The van der Waals surface area contributed by atoms with Gasteiger partial charge in [0.2, 0.25) is 11.8 Å². The number of aryl methyl sites for hydroxylation is 1. The van der Waals surface area contributed by atoms with Crippen molar-refractivity contribution in [3.8, 4) is 11.8 Å². The number of hydrogen-bond donors (Lipinski definition) is 2. The molecule has 0 bridgehead atoms. The lowest BCUT2D eigenvalue weighted by Gasteiger charge is -2.28. The van der Waals surface area contributed by atoms with Crippen molar-refractivity contribution in [1.82, 2.24) is 10.6 Å². The highest BCUT2D eigenvalue weighted by molar-refractivity contribution is 6.02. The quantitative estimate of drug-likeness (QED) is 0.547. The first-order valence-corrected chi connectivity index (χ1v) is 11.3. The number of benzene rings is 3. The maximum absolute atomic E-state index is 13.8. The Morgan fingerprint density at radius 2 is 1.94 bits per heavy atom. The molecule has 1 aliphatic rings. The molecule has 4 rings (SSSR count). The number of amides is 2. The van der Waals surface area contributed by atoms with Gasteiger partial charge in [-0.25, -0.2) is 0 Å². The van der Waals surface area contributed by atoms with Gasteiger partial charge in [-0.3, -0.25) is 9.59 Å². The number of fused-ring (bicyclic) bond motifs is 2. The molecule has 1 aliphatic heterocycles. The highest BCUT2D eigenvalue weighted by Gasteiger charge is 2.33. The number of rotatable bonds is 6. The van der Waals surface area contributed by atoms with Gasteiger partial charge in [0.1, 0.15) is 11.8 Å². The monoisotopic (exact) mass is 492 g/mol. The van der Waals surface area contributed by atoms with Crippen LogP contribution in [-0.2, 0) is 22.6 Å². The summed E-state index contributed by atoms with van der Waals surface area (Å²) in [5.74, 6) is 0.256. The molecule has 3 aromatic carbocycles. The summed E-state index contributed by atoms with van der Waals surface area (Å²) < 4.78 is 5.66. The molecule has 0 saturated heterocycles. The zero-order chi connectivity index (χ0) is 24.2. The van der Waals surface area contributed by atoms with E-state index in [9.17, 15) is 14.9 Å². The maximum Gasteiger partial charge on any atom is 0.249 e. The van der Waals surface area contributed by atoms with Crippen LogP contribution in [0.3, 0.4) is 0 Å². The first kappa shape index (κ1) is 26.0. The third kappa shape index (κ3) is 5.09. The third-order valence-electron chi connectivity index (χ3n) is 6.48. The number of methoxy groups -OCH3 is 1. The van der Waals surface area contributed by atoms with Gasteiger partial charge in [-0.1, -0.05) is 30.3 Å². The molecule has 182 valence electrons. The lowest BCUT2D eigenvalue weighted by atomic mass is 9.99. The fourth-order valence-corrected chi connectivity index (χ4v) is 4.45. The predicted octanol–water partition coefficient (Wildman–Crippen LogP) is 3.71. The summed E-state index contributed by atoms with van der Waals surface area (Å²) in [6.07, 6.45) is 1.18. The predicted molar refractivity (Wildman–Crippen MR) is 139 cm³/mol.